The summed E-state index contributed by atoms with van der Waals surface area (Å²) < 4.78 is 10.0. The van der Waals surface area contributed by atoms with Gasteiger partial charge >= 0.3 is 5.97 Å². The van der Waals surface area contributed by atoms with E-state index >= 15 is 0 Å². The minimum Gasteiger partial charge on any atom is -0.496 e. The second kappa shape index (κ2) is 6.91. The molecule has 0 aromatic heterocycles. The molecule has 0 saturated heterocycles. The van der Waals surface area contributed by atoms with Gasteiger partial charge in [0.15, 0.2) is 0 Å². The number of esters is 1. The SMILES string of the molecule is COC(=O)CCNCc1c(OC)ccc2ccccc12. The minimum absolute atomic E-state index is 0.206. The predicted octanol–water partition coefficient (Wildman–Crippen LogP) is 2.50. The van der Waals surface area contributed by atoms with Gasteiger partial charge in [0.05, 0.1) is 20.6 Å². The van der Waals surface area contributed by atoms with Gasteiger partial charge in [-0.15, -0.1) is 0 Å². The van der Waals surface area contributed by atoms with E-state index in [-0.39, 0.29) is 5.97 Å². The van der Waals surface area contributed by atoms with Crippen molar-refractivity contribution in [2.75, 3.05) is 20.8 Å². The van der Waals surface area contributed by atoms with Crippen molar-refractivity contribution in [2.24, 2.45) is 0 Å². The van der Waals surface area contributed by atoms with Crippen molar-refractivity contribution in [3.05, 3.63) is 42.0 Å². The molecule has 2 aromatic carbocycles. The third kappa shape index (κ3) is 3.27. The summed E-state index contributed by atoms with van der Waals surface area (Å²) in [5.74, 6) is 0.650. The van der Waals surface area contributed by atoms with E-state index < -0.39 is 0 Å². The number of carbonyl (C=O) groups excluding carboxylic acids is 1. The molecule has 0 radical (unpaired) electrons. The molecule has 0 fully saturated rings. The largest absolute Gasteiger partial charge is 0.496 e. The summed E-state index contributed by atoms with van der Waals surface area (Å²) in [6, 6.07) is 12.2. The molecule has 106 valence electrons. The molecule has 0 bridgehead atoms. The Labute approximate surface area is 118 Å². The Kier molecular flexibility index (Phi) is 4.96. The second-order valence-electron chi connectivity index (χ2n) is 4.47. The van der Waals surface area contributed by atoms with Crippen molar-refractivity contribution in [1.82, 2.24) is 5.32 Å². The van der Waals surface area contributed by atoms with Gasteiger partial charge < -0.3 is 14.8 Å². The smallest absolute Gasteiger partial charge is 0.306 e. The van der Waals surface area contributed by atoms with Crippen LogP contribution in [0.3, 0.4) is 0 Å². The topological polar surface area (TPSA) is 47.6 Å². The van der Waals surface area contributed by atoms with Crippen LogP contribution in [0.15, 0.2) is 36.4 Å². The fourth-order valence-electron chi connectivity index (χ4n) is 2.20. The van der Waals surface area contributed by atoms with E-state index in [0.717, 1.165) is 16.7 Å². The van der Waals surface area contributed by atoms with Crippen LogP contribution < -0.4 is 10.1 Å². The Morgan fingerprint density at radius 2 is 1.95 bits per heavy atom. The fraction of sp³-hybridized carbons (Fsp3) is 0.312. The van der Waals surface area contributed by atoms with Crippen LogP contribution in [-0.4, -0.2) is 26.7 Å². The highest BCUT2D eigenvalue weighted by Crippen LogP contribution is 2.27. The highest BCUT2D eigenvalue weighted by molar-refractivity contribution is 5.87. The lowest BCUT2D eigenvalue weighted by Crippen LogP contribution is -2.19. The number of hydrogen-bond donors (Lipinski definition) is 1. The highest BCUT2D eigenvalue weighted by Gasteiger charge is 2.08. The molecule has 0 saturated carbocycles. The van der Waals surface area contributed by atoms with E-state index in [1.165, 1.54) is 12.5 Å². The van der Waals surface area contributed by atoms with Gasteiger partial charge in [0.2, 0.25) is 0 Å². The molecule has 2 rings (SSSR count). The van der Waals surface area contributed by atoms with Gasteiger partial charge in [-0.25, -0.2) is 0 Å². The van der Waals surface area contributed by atoms with Gasteiger partial charge in [-0.05, 0) is 16.8 Å². The number of benzene rings is 2. The van der Waals surface area contributed by atoms with Crippen LogP contribution in [0.5, 0.6) is 5.75 Å². The summed E-state index contributed by atoms with van der Waals surface area (Å²) in [5.41, 5.74) is 1.11. The second-order valence-corrected chi connectivity index (χ2v) is 4.47. The Morgan fingerprint density at radius 3 is 2.70 bits per heavy atom. The van der Waals surface area contributed by atoms with Gasteiger partial charge in [-0.3, -0.25) is 4.79 Å². The molecule has 2 aromatic rings. The molecule has 0 heterocycles. The van der Waals surface area contributed by atoms with Crippen molar-refractivity contribution in [3.63, 3.8) is 0 Å². The average Bonchev–Trinajstić information content (AvgIpc) is 2.50. The number of hydrogen-bond acceptors (Lipinski definition) is 4. The average molecular weight is 273 g/mol. The maximum atomic E-state index is 11.1. The lowest BCUT2D eigenvalue weighted by atomic mass is 10.0. The number of ether oxygens (including phenoxy) is 2. The molecular weight excluding hydrogens is 254 g/mol. The number of carbonyl (C=O) groups is 1. The minimum atomic E-state index is -0.206. The quantitative estimate of drug-likeness (QED) is 0.649. The van der Waals surface area contributed by atoms with Gasteiger partial charge in [0.1, 0.15) is 5.75 Å². The van der Waals surface area contributed by atoms with Crippen LogP contribution >= 0.6 is 0 Å². The van der Waals surface area contributed by atoms with E-state index in [1.807, 2.05) is 24.3 Å². The van der Waals surface area contributed by atoms with Gasteiger partial charge in [0, 0.05) is 18.7 Å². The van der Waals surface area contributed by atoms with E-state index in [9.17, 15) is 4.79 Å². The van der Waals surface area contributed by atoms with E-state index in [4.69, 9.17) is 4.74 Å². The summed E-state index contributed by atoms with van der Waals surface area (Å²) in [6.07, 6.45) is 0.365. The van der Waals surface area contributed by atoms with Crippen LogP contribution in [0, 0.1) is 0 Å². The third-order valence-electron chi connectivity index (χ3n) is 3.25. The molecule has 0 atom stereocenters. The molecule has 1 N–H and O–H groups in total. The summed E-state index contributed by atoms with van der Waals surface area (Å²) >= 11 is 0. The van der Waals surface area contributed by atoms with Gasteiger partial charge in [-0.2, -0.15) is 0 Å². The lowest BCUT2D eigenvalue weighted by molar-refractivity contribution is -0.140. The highest BCUT2D eigenvalue weighted by atomic mass is 16.5. The number of rotatable bonds is 6. The van der Waals surface area contributed by atoms with Gasteiger partial charge in [0.25, 0.3) is 0 Å². The van der Waals surface area contributed by atoms with E-state index in [2.05, 4.69) is 22.2 Å². The summed E-state index contributed by atoms with van der Waals surface area (Å²) in [4.78, 5) is 11.1. The molecule has 4 nitrogen and oxygen atoms in total. The number of fused-ring (bicyclic) bond motifs is 1. The third-order valence-corrected chi connectivity index (χ3v) is 3.25. The Hall–Kier alpha value is -2.07. The molecule has 0 amide bonds. The van der Waals surface area contributed by atoms with Crippen molar-refractivity contribution in [1.29, 1.82) is 0 Å². The molecular formula is C16H19NO3. The van der Waals surface area contributed by atoms with Gasteiger partial charge in [-0.1, -0.05) is 30.3 Å². The van der Waals surface area contributed by atoms with E-state index in [1.54, 1.807) is 7.11 Å². The van der Waals surface area contributed by atoms with Crippen LogP contribution in [-0.2, 0) is 16.1 Å². The summed E-state index contributed by atoms with van der Waals surface area (Å²) in [7, 11) is 3.07. The molecule has 20 heavy (non-hydrogen) atoms. The van der Waals surface area contributed by atoms with Crippen molar-refractivity contribution in [2.45, 2.75) is 13.0 Å². The summed E-state index contributed by atoms with van der Waals surface area (Å²) in [5, 5.41) is 5.60. The zero-order valence-corrected chi connectivity index (χ0v) is 11.8. The van der Waals surface area contributed by atoms with Crippen LogP contribution in [0.1, 0.15) is 12.0 Å². The first kappa shape index (κ1) is 14.3. The number of methoxy groups -OCH3 is 2. The van der Waals surface area contributed by atoms with Crippen molar-refractivity contribution < 1.29 is 14.3 Å². The first-order chi connectivity index (χ1) is 9.76. The molecule has 4 heteroatoms. The Morgan fingerprint density at radius 1 is 1.15 bits per heavy atom. The normalized spacial score (nSPS) is 10.5. The standard InChI is InChI=1S/C16H19NO3/c1-19-15-8-7-12-5-3-4-6-13(12)14(15)11-17-10-9-16(18)20-2/h3-8,17H,9-11H2,1-2H3. The first-order valence-corrected chi connectivity index (χ1v) is 6.58. The summed E-state index contributed by atoms with van der Waals surface area (Å²) in [6.45, 7) is 1.24. The zero-order chi connectivity index (χ0) is 14.4. The van der Waals surface area contributed by atoms with Crippen LogP contribution in [0.2, 0.25) is 0 Å². The Bertz CT molecular complexity index is 595. The van der Waals surface area contributed by atoms with Crippen LogP contribution in [0.4, 0.5) is 0 Å². The first-order valence-electron chi connectivity index (χ1n) is 6.58. The monoisotopic (exact) mass is 273 g/mol. The maximum absolute atomic E-state index is 11.1. The van der Waals surface area contributed by atoms with Crippen molar-refractivity contribution >= 4 is 16.7 Å². The lowest BCUT2D eigenvalue weighted by Gasteiger charge is -2.12. The predicted molar refractivity (Wildman–Crippen MR) is 78.8 cm³/mol. The zero-order valence-electron chi connectivity index (χ0n) is 11.8. The fourth-order valence-corrected chi connectivity index (χ4v) is 2.20. The maximum Gasteiger partial charge on any atom is 0.306 e. The molecule has 0 aliphatic heterocycles. The van der Waals surface area contributed by atoms with E-state index in [0.29, 0.717) is 19.5 Å². The number of nitrogens with one attached hydrogen (secondary N) is 1. The Balaban J connectivity index is 2.13. The molecule has 0 spiro atoms. The molecule has 0 aliphatic carbocycles. The van der Waals surface area contributed by atoms with Crippen molar-refractivity contribution in [3.8, 4) is 5.75 Å². The molecule has 0 unspecified atom stereocenters. The molecule has 0 aliphatic rings. The van der Waals surface area contributed by atoms with Crippen LogP contribution in [0.25, 0.3) is 10.8 Å².